The Labute approximate surface area is 116 Å². The highest BCUT2D eigenvalue weighted by Gasteiger charge is 2.18. The Balaban J connectivity index is 2.08. The zero-order chi connectivity index (χ0) is 13.7. The molecule has 0 amide bonds. The molecule has 0 radical (unpaired) electrons. The molecule has 2 rings (SSSR count). The molecule has 0 bridgehead atoms. The smallest absolute Gasteiger partial charge is 0.217 e. The summed E-state index contributed by atoms with van der Waals surface area (Å²) in [6.45, 7) is 0. The number of thiazole rings is 1. The maximum atomic E-state index is 11.8. The van der Waals surface area contributed by atoms with Crippen LogP contribution in [0.25, 0.3) is 11.3 Å². The average molecular weight is 277 g/mol. The third-order valence-corrected chi connectivity index (χ3v) is 3.49. The van der Waals surface area contributed by atoms with Crippen molar-refractivity contribution in [3.8, 4) is 11.3 Å². The number of aromatic nitrogens is 1. The molecule has 0 saturated carbocycles. The SMILES string of the molecule is COC(OC)C(=O)Cc1nc(-c2ccccc2)cs1. The van der Waals surface area contributed by atoms with E-state index in [1.54, 1.807) is 0 Å². The van der Waals surface area contributed by atoms with E-state index in [9.17, 15) is 4.79 Å². The normalized spacial score (nSPS) is 10.9. The summed E-state index contributed by atoms with van der Waals surface area (Å²) in [4.78, 5) is 16.3. The second-order valence-corrected chi connectivity index (χ2v) is 4.88. The number of carbonyl (C=O) groups is 1. The molecule has 0 fully saturated rings. The highest BCUT2D eigenvalue weighted by molar-refractivity contribution is 7.10. The summed E-state index contributed by atoms with van der Waals surface area (Å²) in [6.07, 6.45) is -0.590. The van der Waals surface area contributed by atoms with Crippen LogP contribution in [0.2, 0.25) is 0 Å². The van der Waals surface area contributed by atoms with Crippen molar-refractivity contribution >= 4 is 17.1 Å². The summed E-state index contributed by atoms with van der Waals surface area (Å²) >= 11 is 1.47. The molecule has 0 aliphatic rings. The van der Waals surface area contributed by atoms with Gasteiger partial charge in [0.15, 0.2) is 5.78 Å². The van der Waals surface area contributed by atoms with Gasteiger partial charge >= 0.3 is 0 Å². The van der Waals surface area contributed by atoms with Gasteiger partial charge in [0, 0.05) is 25.2 Å². The number of ether oxygens (including phenoxy) is 2. The second kappa shape index (κ2) is 6.56. The van der Waals surface area contributed by atoms with E-state index in [0.29, 0.717) is 0 Å². The quantitative estimate of drug-likeness (QED) is 0.761. The Bertz CT molecular complexity index is 535. The maximum Gasteiger partial charge on any atom is 0.217 e. The molecular formula is C14H15NO3S. The summed E-state index contributed by atoms with van der Waals surface area (Å²) < 4.78 is 9.86. The monoisotopic (exact) mass is 277 g/mol. The zero-order valence-electron chi connectivity index (χ0n) is 10.8. The van der Waals surface area contributed by atoms with Crippen LogP contribution in [-0.2, 0) is 20.7 Å². The summed E-state index contributed by atoms with van der Waals surface area (Å²) in [5, 5.41) is 2.72. The molecule has 1 heterocycles. The molecule has 0 aliphatic carbocycles. The molecule has 0 spiro atoms. The van der Waals surface area contributed by atoms with Crippen molar-refractivity contribution in [2.45, 2.75) is 12.7 Å². The van der Waals surface area contributed by atoms with Crippen molar-refractivity contribution in [1.29, 1.82) is 0 Å². The van der Waals surface area contributed by atoms with Crippen molar-refractivity contribution in [2.75, 3.05) is 14.2 Å². The van der Waals surface area contributed by atoms with Gasteiger partial charge in [-0.05, 0) is 0 Å². The number of methoxy groups -OCH3 is 2. The second-order valence-electron chi connectivity index (χ2n) is 3.94. The Morgan fingerprint density at radius 2 is 1.95 bits per heavy atom. The van der Waals surface area contributed by atoms with E-state index in [-0.39, 0.29) is 12.2 Å². The van der Waals surface area contributed by atoms with Crippen LogP contribution in [0, 0.1) is 0 Å². The molecule has 100 valence electrons. The summed E-state index contributed by atoms with van der Waals surface area (Å²) in [6, 6.07) is 9.88. The van der Waals surface area contributed by atoms with Crippen molar-refractivity contribution in [3.63, 3.8) is 0 Å². The molecular weight excluding hydrogens is 262 g/mol. The Kier molecular flexibility index (Phi) is 4.79. The minimum absolute atomic E-state index is 0.126. The van der Waals surface area contributed by atoms with Gasteiger partial charge in [-0.25, -0.2) is 4.98 Å². The number of nitrogens with zero attached hydrogens (tertiary/aromatic N) is 1. The zero-order valence-corrected chi connectivity index (χ0v) is 11.6. The number of carbonyl (C=O) groups excluding carboxylic acids is 1. The third kappa shape index (κ3) is 3.47. The molecule has 1 aromatic carbocycles. The van der Waals surface area contributed by atoms with Crippen molar-refractivity contribution < 1.29 is 14.3 Å². The number of ketones is 1. The summed E-state index contributed by atoms with van der Waals surface area (Å²) in [5.74, 6) is -0.126. The van der Waals surface area contributed by atoms with Gasteiger partial charge in [-0.3, -0.25) is 4.79 Å². The van der Waals surface area contributed by atoms with Crippen LogP contribution in [0.5, 0.6) is 0 Å². The lowest BCUT2D eigenvalue weighted by atomic mass is 10.2. The molecule has 0 aliphatic heterocycles. The number of Topliss-reactive ketones (excluding diaryl/α,β-unsaturated/α-hetero) is 1. The van der Waals surface area contributed by atoms with Crippen molar-refractivity contribution in [3.05, 3.63) is 40.7 Å². The first kappa shape index (κ1) is 13.9. The lowest BCUT2D eigenvalue weighted by Gasteiger charge is -2.10. The number of hydrogen-bond acceptors (Lipinski definition) is 5. The molecule has 5 heteroatoms. The van der Waals surface area contributed by atoms with Crippen LogP contribution in [0.1, 0.15) is 5.01 Å². The topological polar surface area (TPSA) is 48.4 Å². The lowest BCUT2D eigenvalue weighted by molar-refractivity contribution is -0.155. The molecule has 1 aromatic heterocycles. The minimum Gasteiger partial charge on any atom is -0.349 e. The van der Waals surface area contributed by atoms with E-state index >= 15 is 0 Å². The van der Waals surface area contributed by atoms with E-state index < -0.39 is 6.29 Å². The van der Waals surface area contributed by atoms with Gasteiger partial charge in [-0.15, -0.1) is 11.3 Å². The van der Waals surface area contributed by atoms with Crippen LogP contribution < -0.4 is 0 Å². The van der Waals surface area contributed by atoms with Gasteiger partial charge in [0.05, 0.1) is 12.1 Å². The molecule has 0 N–H and O–H groups in total. The molecule has 2 aromatic rings. The maximum absolute atomic E-state index is 11.8. The lowest BCUT2D eigenvalue weighted by Crippen LogP contribution is -2.26. The number of benzene rings is 1. The molecule has 4 nitrogen and oxygen atoms in total. The fraction of sp³-hybridized carbons (Fsp3) is 0.286. The summed E-state index contributed by atoms with van der Waals surface area (Å²) in [7, 11) is 2.90. The first-order valence-electron chi connectivity index (χ1n) is 5.82. The number of hydrogen-bond donors (Lipinski definition) is 0. The highest BCUT2D eigenvalue weighted by Crippen LogP contribution is 2.22. The minimum atomic E-state index is -0.816. The van der Waals surface area contributed by atoms with Gasteiger partial charge in [-0.1, -0.05) is 30.3 Å². The predicted molar refractivity (Wildman–Crippen MR) is 74.1 cm³/mol. The van der Waals surface area contributed by atoms with Gasteiger partial charge in [0.2, 0.25) is 6.29 Å². The van der Waals surface area contributed by atoms with Crippen LogP contribution in [-0.4, -0.2) is 31.3 Å². The first-order chi connectivity index (χ1) is 9.24. The Morgan fingerprint density at radius 1 is 1.26 bits per heavy atom. The summed E-state index contributed by atoms with van der Waals surface area (Å²) in [5.41, 5.74) is 1.94. The van der Waals surface area contributed by atoms with E-state index in [0.717, 1.165) is 16.3 Å². The van der Waals surface area contributed by atoms with Crippen LogP contribution in [0.15, 0.2) is 35.7 Å². The molecule has 0 atom stereocenters. The standard InChI is InChI=1S/C14H15NO3S/c1-17-14(18-2)12(16)8-13-15-11(9-19-13)10-6-4-3-5-7-10/h3-7,9,14H,8H2,1-2H3. The van der Waals surface area contributed by atoms with Crippen LogP contribution in [0.4, 0.5) is 0 Å². The fourth-order valence-corrected chi connectivity index (χ4v) is 2.54. The van der Waals surface area contributed by atoms with Crippen molar-refractivity contribution in [2.24, 2.45) is 0 Å². The predicted octanol–water partition coefficient (Wildman–Crippen LogP) is 2.54. The van der Waals surface area contributed by atoms with E-state index in [1.165, 1.54) is 25.6 Å². The molecule has 19 heavy (non-hydrogen) atoms. The highest BCUT2D eigenvalue weighted by atomic mass is 32.1. The fourth-order valence-electron chi connectivity index (χ4n) is 1.73. The van der Waals surface area contributed by atoms with E-state index in [1.807, 2.05) is 35.7 Å². The van der Waals surface area contributed by atoms with Crippen molar-refractivity contribution in [1.82, 2.24) is 4.98 Å². The Hall–Kier alpha value is -1.56. The molecule has 0 saturated heterocycles. The van der Waals surface area contributed by atoms with Gasteiger partial charge in [0.1, 0.15) is 5.01 Å². The van der Waals surface area contributed by atoms with Gasteiger partial charge < -0.3 is 9.47 Å². The molecule has 0 unspecified atom stereocenters. The first-order valence-corrected chi connectivity index (χ1v) is 6.70. The van der Waals surface area contributed by atoms with E-state index in [4.69, 9.17) is 9.47 Å². The average Bonchev–Trinajstić information content (AvgIpc) is 2.89. The van der Waals surface area contributed by atoms with Gasteiger partial charge in [0.25, 0.3) is 0 Å². The van der Waals surface area contributed by atoms with Gasteiger partial charge in [-0.2, -0.15) is 0 Å². The largest absolute Gasteiger partial charge is 0.349 e. The van der Waals surface area contributed by atoms with Crippen LogP contribution in [0.3, 0.4) is 0 Å². The Morgan fingerprint density at radius 3 is 2.58 bits per heavy atom. The third-order valence-electron chi connectivity index (χ3n) is 2.64. The number of rotatable bonds is 6. The van der Waals surface area contributed by atoms with Crippen LogP contribution >= 0.6 is 11.3 Å². The van der Waals surface area contributed by atoms with E-state index in [2.05, 4.69) is 4.98 Å².